The van der Waals surface area contributed by atoms with Crippen LogP contribution in [0.3, 0.4) is 0 Å². The lowest BCUT2D eigenvalue weighted by molar-refractivity contribution is 0.0925. The molecule has 1 saturated heterocycles. The van der Waals surface area contributed by atoms with Crippen molar-refractivity contribution in [3.8, 4) is 9.88 Å². The fourth-order valence-corrected chi connectivity index (χ4v) is 4.46. The van der Waals surface area contributed by atoms with Crippen LogP contribution in [0.4, 0.5) is 0 Å². The van der Waals surface area contributed by atoms with E-state index in [9.17, 15) is 4.79 Å². The van der Waals surface area contributed by atoms with E-state index in [4.69, 9.17) is 0 Å². The summed E-state index contributed by atoms with van der Waals surface area (Å²) in [6, 6.07) is 4.42. The molecular formula is C17H23N3OS2. The number of thiophene rings is 1. The predicted octanol–water partition coefficient (Wildman–Crippen LogP) is 3.72. The number of amides is 1. The van der Waals surface area contributed by atoms with Crippen molar-refractivity contribution in [1.29, 1.82) is 0 Å². The minimum atomic E-state index is -0.0115. The summed E-state index contributed by atoms with van der Waals surface area (Å²) in [5.74, 6) is 0.823. The Bertz CT molecular complexity index is 630. The molecule has 1 amide bonds. The fraction of sp³-hybridized carbons (Fsp3) is 0.529. The second-order valence-corrected chi connectivity index (χ2v) is 8.26. The van der Waals surface area contributed by atoms with Crippen LogP contribution in [0.2, 0.25) is 0 Å². The van der Waals surface area contributed by atoms with E-state index >= 15 is 0 Å². The summed E-state index contributed by atoms with van der Waals surface area (Å²) in [6.45, 7) is 7.49. The first-order valence-corrected chi connectivity index (χ1v) is 9.85. The van der Waals surface area contributed by atoms with Crippen molar-refractivity contribution in [1.82, 2.24) is 15.2 Å². The fourth-order valence-electron chi connectivity index (χ4n) is 2.82. The molecule has 1 fully saturated rings. The van der Waals surface area contributed by atoms with Crippen molar-refractivity contribution in [2.75, 3.05) is 19.6 Å². The van der Waals surface area contributed by atoms with Crippen molar-refractivity contribution in [3.05, 3.63) is 28.6 Å². The normalized spacial score (nSPS) is 18.0. The number of thiazole rings is 1. The second-order valence-electron chi connectivity index (χ2n) is 6.28. The number of likely N-dealkylation sites (tertiary alicyclic amines) is 1. The van der Waals surface area contributed by atoms with E-state index in [1.807, 2.05) is 17.5 Å². The van der Waals surface area contributed by atoms with E-state index in [0.717, 1.165) is 28.9 Å². The molecule has 1 atom stereocenters. The Kier molecular flexibility index (Phi) is 5.46. The van der Waals surface area contributed by atoms with Gasteiger partial charge in [-0.05, 0) is 50.2 Å². The van der Waals surface area contributed by atoms with Gasteiger partial charge in [-0.2, -0.15) is 0 Å². The van der Waals surface area contributed by atoms with Crippen molar-refractivity contribution < 1.29 is 4.79 Å². The summed E-state index contributed by atoms with van der Waals surface area (Å²) in [7, 11) is 0. The molecule has 1 unspecified atom stereocenters. The zero-order valence-electron chi connectivity index (χ0n) is 13.6. The van der Waals surface area contributed by atoms with Crippen LogP contribution in [0.5, 0.6) is 0 Å². The molecule has 0 radical (unpaired) electrons. The first kappa shape index (κ1) is 16.6. The molecular weight excluding hydrogens is 326 g/mol. The van der Waals surface area contributed by atoms with Gasteiger partial charge in [0.15, 0.2) is 0 Å². The number of rotatable bonds is 5. The Hall–Kier alpha value is -1.24. The predicted molar refractivity (Wildman–Crippen MR) is 97.2 cm³/mol. The van der Waals surface area contributed by atoms with E-state index in [0.29, 0.717) is 17.5 Å². The van der Waals surface area contributed by atoms with Gasteiger partial charge in [-0.25, -0.2) is 4.98 Å². The van der Waals surface area contributed by atoms with Crippen LogP contribution in [0.15, 0.2) is 23.7 Å². The molecule has 4 nitrogen and oxygen atoms in total. The van der Waals surface area contributed by atoms with Crippen LogP contribution in [-0.2, 0) is 0 Å². The molecule has 23 heavy (non-hydrogen) atoms. The van der Waals surface area contributed by atoms with Crippen LogP contribution in [0.25, 0.3) is 9.88 Å². The molecule has 0 spiro atoms. The molecule has 1 aliphatic rings. The van der Waals surface area contributed by atoms with Crippen molar-refractivity contribution in [3.63, 3.8) is 0 Å². The summed E-state index contributed by atoms with van der Waals surface area (Å²) in [5.41, 5.74) is 0. The highest BCUT2D eigenvalue weighted by Crippen LogP contribution is 2.28. The Balaban J connectivity index is 1.51. The summed E-state index contributed by atoms with van der Waals surface area (Å²) in [6.07, 6.45) is 4.21. The number of carbonyl (C=O) groups excluding carboxylic acids is 1. The average Bonchev–Trinajstić information content (AvgIpc) is 3.23. The third-order valence-corrected chi connectivity index (χ3v) is 6.50. The molecule has 1 N–H and O–H groups in total. The largest absolute Gasteiger partial charge is 0.350 e. The molecule has 0 aliphatic carbocycles. The van der Waals surface area contributed by atoms with Gasteiger partial charge in [0.1, 0.15) is 9.88 Å². The van der Waals surface area contributed by atoms with Gasteiger partial charge in [0.25, 0.3) is 5.91 Å². The van der Waals surface area contributed by atoms with Gasteiger partial charge in [0.05, 0.1) is 11.1 Å². The van der Waals surface area contributed by atoms with Gasteiger partial charge in [-0.1, -0.05) is 13.0 Å². The Morgan fingerprint density at radius 2 is 2.26 bits per heavy atom. The highest BCUT2D eigenvalue weighted by molar-refractivity contribution is 7.21. The number of hydrogen-bond donors (Lipinski definition) is 1. The topological polar surface area (TPSA) is 45.2 Å². The lowest BCUT2D eigenvalue weighted by atomic mass is 9.98. The molecule has 2 aromatic rings. The van der Waals surface area contributed by atoms with Gasteiger partial charge in [0.2, 0.25) is 0 Å². The standard InChI is InChI=1S/C17H23N3OS2/c1-12-5-7-20(8-6-12)13(2)10-18-16(21)15-11-19-17(23-15)14-4-3-9-22-14/h3-4,9,11-13H,5-8,10H2,1-2H3,(H,18,21). The monoisotopic (exact) mass is 349 g/mol. The second kappa shape index (κ2) is 7.55. The van der Waals surface area contributed by atoms with Gasteiger partial charge in [-0.3, -0.25) is 9.69 Å². The number of aromatic nitrogens is 1. The lowest BCUT2D eigenvalue weighted by Gasteiger charge is -2.34. The SMILES string of the molecule is CC1CCN(C(C)CNC(=O)c2cnc(-c3cccs3)s2)CC1. The summed E-state index contributed by atoms with van der Waals surface area (Å²) >= 11 is 3.11. The van der Waals surface area contributed by atoms with Gasteiger partial charge in [0, 0.05) is 12.6 Å². The average molecular weight is 350 g/mol. The minimum Gasteiger partial charge on any atom is -0.350 e. The Morgan fingerprint density at radius 3 is 2.96 bits per heavy atom. The van der Waals surface area contributed by atoms with Crippen molar-refractivity contribution in [2.45, 2.75) is 32.7 Å². The first-order chi connectivity index (χ1) is 11.1. The number of hydrogen-bond acceptors (Lipinski definition) is 5. The number of nitrogens with zero attached hydrogens (tertiary/aromatic N) is 2. The van der Waals surface area contributed by atoms with Crippen LogP contribution < -0.4 is 5.32 Å². The third-order valence-electron chi connectivity index (χ3n) is 4.46. The third kappa shape index (κ3) is 4.19. The zero-order valence-corrected chi connectivity index (χ0v) is 15.3. The van der Waals surface area contributed by atoms with Crippen molar-refractivity contribution >= 4 is 28.6 Å². The molecule has 3 heterocycles. The summed E-state index contributed by atoms with van der Waals surface area (Å²) < 4.78 is 0. The minimum absolute atomic E-state index is 0.0115. The lowest BCUT2D eigenvalue weighted by Crippen LogP contribution is -2.45. The maximum Gasteiger partial charge on any atom is 0.263 e. The maximum absolute atomic E-state index is 12.3. The van der Waals surface area contributed by atoms with E-state index < -0.39 is 0 Å². The number of carbonyl (C=O) groups is 1. The van der Waals surface area contributed by atoms with E-state index in [2.05, 4.69) is 29.0 Å². The van der Waals surface area contributed by atoms with E-state index in [-0.39, 0.29) is 5.91 Å². The summed E-state index contributed by atoms with van der Waals surface area (Å²) in [4.78, 5) is 21.0. The number of piperidine rings is 1. The van der Waals surface area contributed by atoms with Crippen molar-refractivity contribution in [2.24, 2.45) is 5.92 Å². The molecule has 1 aliphatic heterocycles. The first-order valence-electron chi connectivity index (χ1n) is 8.15. The van der Waals surface area contributed by atoms with Gasteiger partial charge in [-0.15, -0.1) is 22.7 Å². The highest BCUT2D eigenvalue weighted by Gasteiger charge is 2.21. The van der Waals surface area contributed by atoms with Gasteiger partial charge < -0.3 is 5.32 Å². The summed E-state index contributed by atoms with van der Waals surface area (Å²) in [5, 5.41) is 6.00. The van der Waals surface area contributed by atoms with Crippen LogP contribution >= 0.6 is 22.7 Å². The molecule has 2 aromatic heterocycles. The highest BCUT2D eigenvalue weighted by atomic mass is 32.1. The van der Waals surface area contributed by atoms with Gasteiger partial charge >= 0.3 is 0 Å². The molecule has 124 valence electrons. The smallest absolute Gasteiger partial charge is 0.263 e. The van der Waals surface area contributed by atoms with E-state index in [1.165, 1.54) is 24.2 Å². The quantitative estimate of drug-likeness (QED) is 0.895. The molecule has 0 bridgehead atoms. The van der Waals surface area contributed by atoms with E-state index in [1.54, 1.807) is 17.5 Å². The molecule has 6 heteroatoms. The van der Waals surface area contributed by atoms with Crippen LogP contribution in [-0.4, -0.2) is 41.5 Å². The van der Waals surface area contributed by atoms with Crippen LogP contribution in [0.1, 0.15) is 36.4 Å². The Morgan fingerprint density at radius 1 is 1.48 bits per heavy atom. The molecule has 3 rings (SSSR count). The molecule has 0 saturated carbocycles. The molecule has 0 aromatic carbocycles. The Labute approximate surface area is 145 Å². The zero-order chi connectivity index (χ0) is 16.2. The number of nitrogens with one attached hydrogen (secondary N) is 1. The van der Waals surface area contributed by atoms with Crippen LogP contribution in [0, 0.1) is 5.92 Å². The maximum atomic E-state index is 12.3.